The highest BCUT2D eigenvalue weighted by Gasteiger charge is 2.21. The molecule has 7 nitrogen and oxygen atoms in total. The summed E-state index contributed by atoms with van der Waals surface area (Å²) in [7, 11) is -4.38. The average molecular weight is 498 g/mol. The second-order valence-electron chi connectivity index (χ2n) is 7.44. The molecule has 4 aromatic rings. The summed E-state index contributed by atoms with van der Waals surface area (Å²) in [4.78, 5) is 19.4. The molecule has 0 saturated heterocycles. The molecule has 1 aromatic heterocycles. The van der Waals surface area contributed by atoms with Gasteiger partial charge in [-0.2, -0.15) is 8.42 Å². The molecule has 2 N–H and O–H groups in total. The molecule has 0 radical (unpaired) electrons. The van der Waals surface area contributed by atoms with Crippen LogP contribution in [0.2, 0.25) is 0 Å². The standard InChI is InChI=1S/C24H20FN3O4S2/c25-20-8-4-5-18(13-20)14-23(29)28(15-17-9-11-21(12-10-17)27-34(30,31)32)24-26-22(16-33-24)19-6-2-1-3-7-19/h1-13,16,27H,14-15H2,(H,30,31,32). The Kier molecular flexibility index (Phi) is 7.01. The summed E-state index contributed by atoms with van der Waals surface area (Å²) in [6.07, 6.45) is -0.0135. The first kappa shape index (κ1) is 23.6. The van der Waals surface area contributed by atoms with Crippen LogP contribution in [0.25, 0.3) is 11.3 Å². The van der Waals surface area contributed by atoms with Crippen LogP contribution >= 0.6 is 11.3 Å². The molecule has 10 heteroatoms. The van der Waals surface area contributed by atoms with Gasteiger partial charge in [0.05, 0.1) is 24.3 Å². The number of benzene rings is 3. The fourth-order valence-electron chi connectivity index (χ4n) is 3.32. The normalized spacial score (nSPS) is 11.2. The van der Waals surface area contributed by atoms with Crippen molar-refractivity contribution < 1.29 is 22.2 Å². The number of thiazole rings is 1. The van der Waals surface area contributed by atoms with E-state index >= 15 is 0 Å². The van der Waals surface area contributed by atoms with Gasteiger partial charge in [0.15, 0.2) is 5.13 Å². The number of carbonyl (C=O) groups excluding carboxylic acids is 1. The monoisotopic (exact) mass is 497 g/mol. The quantitative estimate of drug-likeness (QED) is 0.336. The van der Waals surface area contributed by atoms with Crippen molar-refractivity contribution in [2.75, 3.05) is 9.62 Å². The maximum atomic E-state index is 13.6. The predicted octanol–water partition coefficient (Wildman–Crippen LogP) is 4.94. The van der Waals surface area contributed by atoms with Gasteiger partial charge in [-0.05, 0) is 35.4 Å². The van der Waals surface area contributed by atoms with E-state index in [1.807, 2.05) is 40.4 Å². The number of carbonyl (C=O) groups is 1. The van der Waals surface area contributed by atoms with Gasteiger partial charge >= 0.3 is 10.3 Å². The molecule has 0 aliphatic rings. The fourth-order valence-corrected chi connectivity index (χ4v) is 4.60. The first-order valence-electron chi connectivity index (χ1n) is 10.2. The van der Waals surface area contributed by atoms with Crippen molar-refractivity contribution >= 4 is 38.4 Å². The Hall–Kier alpha value is -3.60. The second-order valence-corrected chi connectivity index (χ2v) is 9.43. The molecule has 4 rings (SSSR count). The summed E-state index contributed by atoms with van der Waals surface area (Å²) in [5.74, 6) is -0.681. The van der Waals surface area contributed by atoms with E-state index in [1.165, 1.54) is 40.5 Å². The van der Waals surface area contributed by atoms with E-state index in [2.05, 4.69) is 4.98 Å². The van der Waals surface area contributed by atoms with E-state index in [4.69, 9.17) is 4.55 Å². The number of nitrogens with zero attached hydrogens (tertiary/aromatic N) is 2. The number of halogens is 1. The summed E-state index contributed by atoms with van der Waals surface area (Å²) < 4.78 is 46.6. The van der Waals surface area contributed by atoms with Gasteiger partial charge in [-0.25, -0.2) is 9.37 Å². The lowest BCUT2D eigenvalue weighted by molar-refractivity contribution is -0.118. The van der Waals surface area contributed by atoms with Crippen molar-refractivity contribution in [1.29, 1.82) is 0 Å². The third-order valence-corrected chi connectivity index (χ3v) is 6.24. The third-order valence-electron chi connectivity index (χ3n) is 4.88. The van der Waals surface area contributed by atoms with Gasteiger partial charge in [0, 0.05) is 10.9 Å². The number of anilines is 2. The molecule has 1 heterocycles. The minimum atomic E-state index is -4.38. The Morgan fingerprint density at radius 1 is 1.00 bits per heavy atom. The first-order valence-corrected chi connectivity index (χ1v) is 12.5. The number of nitrogens with one attached hydrogen (secondary N) is 1. The second kappa shape index (κ2) is 10.1. The van der Waals surface area contributed by atoms with Crippen LogP contribution in [0.1, 0.15) is 11.1 Å². The summed E-state index contributed by atoms with van der Waals surface area (Å²) >= 11 is 1.32. The molecule has 34 heavy (non-hydrogen) atoms. The smallest absolute Gasteiger partial charge is 0.283 e. The molecule has 0 unspecified atom stereocenters. The highest BCUT2D eigenvalue weighted by atomic mass is 32.2. The third kappa shape index (κ3) is 6.25. The van der Waals surface area contributed by atoms with Crippen molar-refractivity contribution in [1.82, 2.24) is 4.98 Å². The van der Waals surface area contributed by atoms with Crippen molar-refractivity contribution in [3.8, 4) is 11.3 Å². The minimum Gasteiger partial charge on any atom is -0.283 e. The van der Waals surface area contributed by atoms with Crippen LogP contribution in [-0.4, -0.2) is 23.9 Å². The molecular formula is C24H20FN3O4S2. The maximum Gasteiger partial charge on any atom is 0.357 e. The highest BCUT2D eigenvalue weighted by molar-refractivity contribution is 7.87. The molecule has 1 amide bonds. The molecule has 0 saturated carbocycles. The highest BCUT2D eigenvalue weighted by Crippen LogP contribution is 2.29. The van der Waals surface area contributed by atoms with Gasteiger partial charge in [-0.1, -0.05) is 54.6 Å². The fraction of sp³-hybridized carbons (Fsp3) is 0.0833. The van der Waals surface area contributed by atoms with Crippen molar-refractivity contribution in [3.05, 3.63) is 101 Å². The lowest BCUT2D eigenvalue weighted by Gasteiger charge is -2.20. The Balaban J connectivity index is 1.61. The van der Waals surface area contributed by atoms with E-state index in [-0.39, 0.29) is 24.6 Å². The van der Waals surface area contributed by atoms with Gasteiger partial charge in [0.2, 0.25) is 5.91 Å². The van der Waals surface area contributed by atoms with Crippen LogP contribution in [-0.2, 0) is 28.1 Å². The van der Waals surface area contributed by atoms with E-state index in [0.29, 0.717) is 16.3 Å². The summed E-state index contributed by atoms with van der Waals surface area (Å²) in [6.45, 7) is 0.169. The van der Waals surface area contributed by atoms with E-state index < -0.39 is 16.1 Å². The topological polar surface area (TPSA) is 99.6 Å². The van der Waals surface area contributed by atoms with Crippen LogP contribution in [0.4, 0.5) is 15.2 Å². The Bertz CT molecular complexity index is 1390. The van der Waals surface area contributed by atoms with Crippen LogP contribution in [0.3, 0.4) is 0 Å². The molecule has 3 aromatic carbocycles. The number of hydrogen-bond donors (Lipinski definition) is 2. The Labute approximate surface area is 200 Å². The van der Waals surface area contributed by atoms with Crippen LogP contribution in [0, 0.1) is 5.82 Å². The van der Waals surface area contributed by atoms with Crippen LogP contribution in [0.15, 0.2) is 84.2 Å². The van der Waals surface area contributed by atoms with E-state index in [9.17, 15) is 17.6 Å². The summed E-state index contributed by atoms with van der Waals surface area (Å²) in [5, 5.41) is 2.35. The van der Waals surface area contributed by atoms with Gasteiger partial charge in [0.1, 0.15) is 5.82 Å². The van der Waals surface area contributed by atoms with E-state index in [0.717, 1.165) is 11.3 Å². The predicted molar refractivity (Wildman–Crippen MR) is 130 cm³/mol. The molecular weight excluding hydrogens is 477 g/mol. The zero-order valence-electron chi connectivity index (χ0n) is 17.8. The molecule has 0 atom stereocenters. The Morgan fingerprint density at radius 3 is 2.41 bits per heavy atom. The van der Waals surface area contributed by atoms with Gasteiger partial charge < -0.3 is 0 Å². The van der Waals surface area contributed by atoms with Crippen LogP contribution < -0.4 is 9.62 Å². The molecule has 0 aliphatic heterocycles. The molecule has 174 valence electrons. The largest absolute Gasteiger partial charge is 0.357 e. The average Bonchev–Trinajstić information content (AvgIpc) is 3.28. The number of hydrogen-bond acceptors (Lipinski definition) is 5. The van der Waals surface area contributed by atoms with Crippen molar-refractivity contribution in [2.45, 2.75) is 13.0 Å². The maximum absolute atomic E-state index is 13.6. The summed E-state index contributed by atoms with van der Waals surface area (Å²) in [5.41, 5.74) is 3.09. The van der Waals surface area contributed by atoms with E-state index in [1.54, 1.807) is 24.3 Å². The minimum absolute atomic E-state index is 0.0135. The lowest BCUT2D eigenvalue weighted by atomic mass is 10.1. The number of amides is 1. The SMILES string of the molecule is O=C(Cc1cccc(F)c1)N(Cc1ccc(NS(=O)(=O)O)cc1)c1nc(-c2ccccc2)cs1. The van der Waals surface area contributed by atoms with Crippen molar-refractivity contribution in [3.63, 3.8) is 0 Å². The Morgan fingerprint density at radius 2 is 1.74 bits per heavy atom. The molecule has 0 fully saturated rings. The van der Waals surface area contributed by atoms with Crippen molar-refractivity contribution in [2.24, 2.45) is 0 Å². The molecule has 0 bridgehead atoms. The number of aromatic nitrogens is 1. The van der Waals surface area contributed by atoms with Gasteiger partial charge in [-0.15, -0.1) is 11.3 Å². The van der Waals surface area contributed by atoms with Gasteiger partial charge in [0.25, 0.3) is 0 Å². The lowest BCUT2D eigenvalue weighted by Crippen LogP contribution is -2.31. The molecule has 0 spiro atoms. The van der Waals surface area contributed by atoms with Crippen LogP contribution in [0.5, 0.6) is 0 Å². The zero-order valence-corrected chi connectivity index (χ0v) is 19.4. The number of rotatable bonds is 8. The first-order chi connectivity index (χ1) is 16.3. The zero-order chi connectivity index (χ0) is 24.1. The summed E-state index contributed by atoms with van der Waals surface area (Å²) in [6, 6.07) is 21.7. The molecule has 0 aliphatic carbocycles. The van der Waals surface area contributed by atoms with Gasteiger partial charge in [-0.3, -0.25) is 19.0 Å².